The number of unbranched alkanes of at least 4 members (excludes halogenated alkanes) is 29. The molecule has 0 aromatic rings. The monoisotopic (exact) mass is 750 g/mol. The molecule has 0 rings (SSSR count). The van der Waals surface area contributed by atoms with Gasteiger partial charge in [0.25, 0.3) is 0 Å². The van der Waals surface area contributed by atoms with Crippen LogP contribution < -0.4 is 5.32 Å². The number of nitrogens with one attached hydrogen (secondary N) is 1. The molecule has 0 aliphatic heterocycles. The molecule has 314 valence electrons. The highest BCUT2D eigenvalue weighted by Crippen LogP contribution is 2.16. The Bertz CT molecular complexity index is 802. The fourth-order valence-corrected chi connectivity index (χ4v) is 7.16. The van der Waals surface area contributed by atoms with E-state index in [1.54, 1.807) is 0 Å². The van der Waals surface area contributed by atoms with Gasteiger partial charge in [0.05, 0.1) is 18.8 Å². The molecule has 0 heterocycles. The van der Waals surface area contributed by atoms with Gasteiger partial charge in [-0.1, -0.05) is 199 Å². The Labute approximate surface area is 329 Å². The summed E-state index contributed by atoms with van der Waals surface area (Å²) in [5.74, 6) is -0.597. The highest BCUT2D eigenvalue weighted by Gasteiger charge is 2.28. The average Bonchev–Trinajstić information content (AvgIpc) is 3.16. The molecule has 0 radical (unpaired) electrons. The third-order valence-electron chi connectivity index (χ3n) is 10.9. The Morgan fingerprint density at radius 2 is 0.774 bits per heavy atom. The van der Waals surface area contributed by atoms with Gasteiger partial charge in [-0.3, -0.25) is 4.79 Å². The molecule has 0 aliphatic carbocycles. The van der Waals surface area contributed by atoms with Crippen LogP contribution in [0.3, 0.4) is 0 Å². The van der Waals surface area contributed by atoms with Gasteiger partial charge in [-0.25, -0.2) is 0 Å². The molecule has 1 amide bonds. The molecule has 53 heavy (non-hydrogen) atoms. The largest absolute Gasteiger partial charge is 0.394 e. The summed E-state index contributed by atoms with van der Waals surface area (Å²) in [6.45, 7) is 4.05. The van der Waals surface area contributed by atoms with Crippen LogP contribution >= 0.6 is 0 Å². The first-order chi connectivity index (χ1) is 26.0. The molecule has 0 saturated carbocycles. The molecule has 4 atom stereocenters. The van der Waals surface area contributed by atoms with Crippen molar-refractivity contribution in [3.05, 3.63) is 24.3 Å². The molecule has 6 heteroatoms. The van der Waals surface area contributed by atoms with Gasteiger partial charge in [0.15, 0.2) is 0 Å². The van der Waals surface area contributed by atoms with E-state index in [1.807, 2.05) is 0 Å². The number of rotatable bonds is 42. The van der Waals surface area contributed by atoms with Crippen LogP contribution in [0.15, 0.2) is 24.3 Å². The highest BCUT2D eigenvalue weighted by atomic mass is 16.3. The number of hydrogen-bond acceptors (Lipinski definition) is 5. The quantitative estimate of drug-likeness (QED) is 0.0315. The number of aliphatic hydroxyl groups is 4. The van der Waals surface area contributed by atoms with Crippen LogP contribution in [-0.4, -0.2) is 57.3 Å². The van der Waals surface area contributed by atoms with Gasteiger partial charge in [0, 0.05) is 0 Å². The zero-order valence-electron chi connectivity index (χ0n) is 35.3. The minimum Gasteiger partial charge on any atom is -0.394 e. The van der Waals surface area contributed by atoms with Crippen molar-refractivity contribution >= 4 is 5.91 Å². The number of carbonyl (C=O) groups is 1. The van der Waals surface area contributed by atoms with Crippen LogP contribution in [0.4, 0.5) is 0 Å². The minimum atomic E-state index is -1.28. The van der Waals surface area contributed by atoms with Crippen molar-refractivity contribution in [2.24, 2.45) is 0 Å². The summed E-state index contributed by atoms with van der Waals surface area (Å²) < 4.78 is 0. The molecular weight excluding hydrogens is 659 g/mol. The van der Waals surface area contributed by atoms with Crippen LogP contribution in [0.2, 0.25) is 0 Å². The third kappa shape index (κ3) is 36.2. The minimum absolute atomic E-state index is 0.357. The molecule has 5 N–H and O–H groups in total. The van der Waals surface area contributed by atoms with Gasteiger partial charge in [-0.05, 0) is 64.2 Å². The van der Waals surface area contributed by atoms with Crippen molar-refractivity contribution in [3.63, 3.8) is 0 Å². The van der Waals surface area contributed by atoms with Crippen molar-refractivity contribution < 1.29 is 25.2 Å². The van der Waals surface area contributed by atoms with Gasteiger partial charge < -0.3 is 25.7 Å². The fraction of sp³-hybridized carbons (Fsp3) is 0.894. The topological polar surface area (TPSA) is 110 Å². The van der Waals surface area contributed by atoms with Crippen LogP contribution in [-0.2, 0) is 4.79 Å². The molecule has 6 nitrogen and oxygen atoms in total. The van der Waals surface area contributed by atoms with Crippen molar-refractivity contribution in [1.29, 1.82) is 0 Å². The molecule has 0 spiro atoms. The van der Waals surface area contributed by atoms with E-state index in [2.05, 4.69) is 43.5 Å². The summed E-state index contributed by atoms with van der Waals surface area (Å²) in [7, 11) is 0. The fourth-order valence-electron chi connectivity index (χ4n) is 7.16. The number of hydrogen-bond donors (Lipinski definition) is 5. The Balaban J connectivity index is 3.75. The molecule has 0 saturated heterocycles. The number of amides is 1. The van der Waals surface area contributed by atoms with Crippen LogP contribution in [0, 0.1) is 0 Å². The SMILES string of the molecule is CCCCCCCCCCCCC/C=C\CCCCCCCCC(O)C(=O)NC(CO)C(O)C(O)CCC/C=C/CCCCCCCCCCCCC. The Hall–Kier alpha value is -1.21. The maximum Gasteiger partial charge on any atom is 0.249 e. The molecule has 0 bridgehead atoms. The molecule has 0 fully saturated rings. The van der Waals surface area contributed by atoms with Crippen molar-refractivity contribution in [3.8, 4) is 0 Å². The lowest BCUT2D eigenvalue weighted by atomic mass is 10.00. The smallest absolute Gasteiger partial charge is 0.249 e. The Morgan fingerprint density at radius 3 is 1.13 bits per heavy atom. The van der Waals surface area contributed by atoms with Gasteiger partial charge in [0.1, 0.15) is 12.2 Å². The molecular formula is C47H91NO5. The number of aliphatic hydroxyl groups excluding tert-OH is 4. The third-order valence-corrected chi connectivity index (χ3v) is 10.9. The standard InChI is InChI=1S/C47H91NO5/c1-3-5-7-9-11-13-15-17-19-21-22-23-24-25-27-29-31-33-35-37-39-41-45(51)47(53)48-43(42-49)46(52)44(50)40-38-36-34-32-30-28-26-20-18-16-14-12-10-8-6-4-2/h24-25,32,34,43-46,49-52H,3-23,26-31,33,35-42H2,1-2H3,(H,48,53)/b25-24-,34-32+. The van der Waals surface area contributed by atoms with Crippen LogP contribution in [0.5, 0.6) is 0 Å². The zero-order chi connectivity index (χ0) is 38.9. The summed E-state index contributed by atoms with van der Waals surface area (Å²) in [6, 6.07) is -1.00. The van der Waals surface area contributed by atoms with Crippen molar-refractivity contribution in [2.45, 2.75) is 263 Å². The Morgan fingerprint density at radius 1 is 0.453 bits per heavy atom. The van der Waals surface area contributed by atoms with Crippen LogP contribution in [0.25, 0.3) is 0 Å². The van der Waals surface area contributed by atoms with Gasteiger partial charge in [-0.2, -0.15) is 0 Å². The predicted molar refractivity (Wildman–Crippen MR) is 228 cm³/mol. The normalized spacial score (nSPS) is 14.3. The summed E-state index contributed by atoms with van der Waals surface area (Å²) in [4.78, 5) is 12.5. The summed E-state index contributed by atoms with van der Waals surface area (Å²) in [5.41, 5.74) is 0. The first-order valence-corrected chi connectivity index (χ1v) is 23.2. The Kier molecular flexibility index (Phi) is 41.0. The second-order valence-corrected chi connectivity index (χ2v) is 16.1. The van der Waals surface area contributed by atoms with Crippen molar-refractivity contribution in [1.82, 2.24) is 5.32 Å². The van der Waals surface area contributed by atoms with Crippen LogP contribution in [0.1, 0.15) is 239 Å². The maximum atomic E-state index is 12.5. The zero-order valence-corrected chi connectivity index (χ0v) is 35.3. The highest BCUT2D eigenvalue weighted by molar-refractivity contribution is 5.80. The lowest BCUT2D eigenvalue weighted by Crippen LogP contribution is -2.53. The van der Waals surface area contributed by atoms with E-state index in [0.29, 0.717) is 12.8 Å². The molecule has 0 aliphatic rings. The van der Waals surface area contributed by atoms with E-state index < -0.39 is 36.9 Å². The maximum absolute atomic E-state index is 12.5. The molecule has 0 aromatic heterocycles. The summed E-state index contributed by atoms with van der Waals surface area (Å²) >= 11 is 0. The van der Waals surface area contributed by atoms with E-state index in [4.69, 9.17) is 0 Å². The lowest BCUT2D eigenvalue weighted by molar-refractivity contribution is -0.132. The number of carbonyl (C=O) groups excluding carboxylic acids is 1. The van der Waals surface area contributed by atoms with E-state index in [9.17, 15) is 25.2 Å². The van der Waals surface area contributed by atoms with E-state index in [-0.39, 0.29) is 0 Å². The first kappa shape index (κ1) is 51.8. The van der Waals surface area contributed by atoms with Gasteiger partial charge >= 0.3 is 0 Å². The summed E-state index contributed by atoms with van der Waals surface area (Å²) in [6.07, 6.45) is 47.8. The average molecular weight is 750 g/mol. The summed E-state index contributed by atoms with van der Waals surface area (Å²) in [5, 5.41) is 43.7. The number of allylic oxidation sites excluding steroid dienone is 4. The first-order valence-electron chi connectivity index (χ1n) is 23.2. The second-order valence-electron chi connectivity index (χ2n) is 16.1. The molecule has 4 unspecified atom stereocenters. The van der Waals surface area contributed by atoms with E-state index in [1.165, 1.54) is 167 Å². The van der Waals surface area contributed by atoms with Gasteiger partial charge in [0.2, 0.25) is 5.91 Å². The van der Waals surface area contributed by atoms with E-state index >= 15 is 0 Å². The predicted octanol–water partition coefficient (Wildman–Crippen LogP) is 12.4. The van der Waals surface area contributed by atoms with Gasteiger partial charge in [-0.15, -0.1) is 0 Å². The van der Waals surface area contributed by atoms with Crippen molar-refractivity contribution in [2.75, 3.05) is 6.61 Å². The lowest BCUT2D eigenvalue weighted by Gasteiger charge is -2.27. The second kappa shape index (κ2) is 41.9. The molecule has 0 aromatic carbocycles. The van der Waals surface area contributed by atoms with E-state index in [0.717, 1.165) is 44.9 Å².